The van der Waals surface area contributed by atoms with E-state index in [4.69, 9.17) is 4.74 Å². The molecular formula is C21H21FN4O3S. The molecule has 1 fully saturated rings. The number of hydrogen-bond donors (Lipinski definition) is 1. The topological polar surface area (TPSA) is 94.8 Å². The lowest BCUT2D eigenvalue weighted by molar-refractivity contribution is -0.111. The van der Waals surface area contributed by atoms with Crippen molar-refractivity contribution in [2.24, 2.45) is 4.99 Å². The summed E-state index contributed by atoms with van der Waals surface area (Å²) in [5, 5.41) is 12.8. The normalized spacial score (nSPS) is 18.5. The SMILES string of the molecule is C=CN=CC(=C)/C=C/C(=O)Nc1sc2c(c1C#N)CCC(OC(=O)N1CC(F)C1)C2. The van der Waals surface area contributed by atoms with Gasteiger partial charge in [-0.25, -0.2) is 9.18 Å². The zero-order valence-corrected chi connectivity index (χ0v) is 17.1. The molecular weight excluding hydrogens is 407 g/mol. The maximum atomic E-state index is 12.9. The highest BCUT2D eigenvalue weighted by Crippen LogP contribution is 2.38. The third kappa shape index (κ3) is 5.02. The van der Waals surface area contributed by atoms with Crippen molar-refractivity contribution in [3.63, 3.8) is 0 Å². The molecule has 1 saturated heterocycles. The van der Waals surface area contributed by atoms with Gasteiger partial charge in [-0.15, -0.1) is 11.3 Å². The van der Waals surface area contributed by atoms with Crippen molar-refractivity contribution in [1.29, 1.82) is 5.26 Å². The number of ether oxygens (including phenoxy) is 1. The summed E-state index contributed by atoms with van der Waals surface area (Å²) in [6.07, 6.45) is 5.45. The number of hydrogen-bond acceptors (Lipinski definition) is 6. The van der Waals surface area contributed by atoms with Crippen LogP contribution in [-0.4, -0.2) is 48.5 Å². The molecule has 7 nitrogen and oxygen atoms in total. The van der Waals surface area contributed by atoms with Gasteiger partial charge < -0.3 is 15.0 Å². The second-order valence-electron chi connectivity index (χ2n) is 6.93. The van der Waals surface area contributed by atoms with Crippen molar-refractivity contribution in [3.8, 4) is 6.07 Å². The van der Waals surface area contributed by atoms with Gasteiger partial charge in [0.2, 0.25) is 5.91 Å². The maximum Gasteiger partial charge on any atom is 0.410 e. The number of allylic oxidation sites excluding steroid dienone is 2. The summed E-state index contributed by atoms with van der Waals surface area (Å²) in [6.45, 7) is 7.34. The van der Waals surface area contributed by atoms with Crippen LogP contribution in [0.5, 0.6) is 0 Å². The van der Waals surface area contributed by atoms with E-state index in [-0.39, 0.29) is 25.1 Å². The van der Waals surface area contributed by atoms with Crippen LogP contribution in [0.15, 0.2) is 42.1 Å². The molecule has 1 aromatic heterocycles. The fraction of sp³-hybridized carbons (Fsp3) is 0.333. The molecule has 1 unspecified atom stereocenters. The number of amides is 2. The van der Waals surface area contributed by atoms with Crippen LogP contribution in [-0.2, 0) is 22.4 Å². The predicted molar refractivity (Wildman–Crippen MR) is 113 cm³/mol. The smallest absolute Gasteiger partial charge is 0.410 e. The second kappa shape index (κ2) is 9.50. The summed E-state index contributed by atoms with van der Waals surface area (Å²) >= 11 is 1.31. The molecule has 2 aliphatic rings. The molecule has 0 saturated carbocycles. The highest BCUT2D eigenvalue weighted by Gasteiger charge is 2.34. The van der Waals surface area contributed by atoms with Gasteiger partial charge in [0.15, 0.2) is 0 Å². The molecule has 30 heavy (non-hydrogen) atoms. The molecule has 1 atom stereocenters. The van der Waals surface area contributed by atoms with Gasteiger partial charge in [0, 0.05) is 29.8 Å². The second-order valence-corrected chi connectivity index (χ2v) is 8.03. The largest absolute Gasteiger partial charge is 0.446 e. The zero-order chi connectivity index (χ0) is 21.7. The first-order valence-electron chi connectivity index (χ1n) is 9.37. The number of nitrogens with zero attached hydrogens (tertiary/aromatic N) is 3. The molecule has 1 N–H and O–H groups in total. The number of carbonyl (C=O) groups excluding carboxylic acids is 2. The number of nitriles is 1. The van der Waals surface area contributed by atoms with E-state index < -0.39 is 12.3 Å². The van der Waals surface area contributed by atoms with Crippen molar-refractivity contribution < 1.29 is 18.7 Å². The fourth-order valence-corrected chi connectivity index (χ4v) is 4.45. The van der Waals surface area contributed by atoms with Gasteiger partial charge in [0.25, 0.3) is 0 Å². The summed E-state index contributed by atoms with van der Waals surface area (Å²) in [5.74, 6) is -0.389. The van der Waals surface area contributed by atoms with E-state index in [1.165, 1.54) is 40.8 Å². The summed E-state index contributed by atoms with van der Waals surface area (Å²) in [7, 11) is 0. The first-order chi connectivity index (χ1) is 14.4. The summed E-state index contributed by atoms with van der Waals surface area (Å²) < 4.78 is 18.4. The number of alkyl halides is 1. The van der Waals surface area contributed by atoms with Crippen molar-refractivity contribution in [3.05, 3.63) is 53.1 Å². The van der Waals surface area contributed by atoms with Gasteiger partial charge in [0.05, 0.1) is 18.7 Å². The first kappa shape index (κ1) is 21.5. The third-order valence-electron chi connectivity index (χ3n) is 4.73. The lowest BCUT2D eigenvalue weighted by atomic mass is 9.94. The summed E-state index contributed by atoms with van der Waals surface area (Å²) in [4.78, 5) is 30.3. The molecule has 0 spiro atoms. The summed E-state index contributed by atoms with van der Waals surface area (Å²) in [5.41, 5.74) is 1.85. The average Bonchev–Trinajstić information content (AvgIpc) is 3.04. The van der Waals surface area contributed by atoms with E-state index in [1.807, 2.05) is 0 Å². The van der Waals surface area contributed by atoms with E-state index in [2.05, 4.69) is 29.5 Å². The van der Waals surface area contributed by atoms with Crippen LogP contribution in [0, 0.1) is 11.3 Å². The Balaban J connectivity index is 1.63. The zero-order valence-electron chi connectivity index (χ0n) is 16.3. The third-order valence-corrected chi connectivity index (χ3v) is 5.90. The summed E-state index contributed by atoms with van der Waals surface area (Å²) in [6, 6.07) is 2.16. The number of nitrogens with one attached hydrogen (secondary N) is 1. The quantitative estimate of drug-likeness (QED) is 0.426. The Labute approximate surface area is 177 Å². The van der Waals surface area contributed by atoms with Gasteiger partial charge in [0.1, 0.15) is 23.3 Å². The predicted octanol–water partition coefficient (Wildman–Crippen LogP) is 3.53. The molecule has 2 amide bonds. The van der Waals surface area contributed by atoms with Gasteiger partial charge >= 0.3 is 6.09 Å². The van der Waals surface area contributed by atoms with Crippen LogP contribution < -0.4 is 5.32 Å². The lowest BCUT2D eigenvalue weighted by Crippen LogP contribution is -2.52. The molecule has 0 aromatic carbocycles. The lowest BCUT2D eigenvalue weighted by Gasteiger charge is -2.35. The number of aliphatic imine (C=N–C) groups is 1. The van der Waals surface area contributed by atoms with E-state index in [1.54, 1.807) is 0 Å². The van der Waals surface area contributed by atoms with Gasteiger partial charge in [-0.1, -0.05) is 13.2 Å². The Hall–Kier alpha value is -3.25. The van der Waals surface area contributed by atoms with Crippen molar-refractivity contribution in [1.82, 2.24) is 4.90 Å². The first-order valence-corrected chi connectivity index (χ1v) is 10.2. The van der Waals surface area contributed by atoms with Crippen LogP contribution >= 0.6 is 11.3 Å². The molecule has 156 valence electrons. The van der Waals surface area contributed by atoms with Crippen LogP contribution in [0.1, 0.15) is 22.4 Å². The Bertz CT molecular complexity index is 970. The molecule has 0 radical (unpaired) electrons. The van der Waals surface area contributed by atoms with Crippen molar-refractivity contribution in [2.45, 2.75) is 31.5 Å². The molecule has 2 heterocycles. The average molecular weight is 428 g/mol. The maximum absolute atomic E-state index is 12.9. The van der Waals surface area contributed by atoms with E-state index in [9.17, 15) is 19.2 Å². The fourth-order valence-electron chi connectivity index (χ4n) is 3.18. The minimum Gasteiger partial charge on any atom is -0.446 e. The monoisotopic (exact) mass is 428 g/mol. The number of thiophene rings is 1. The Kier molecular flexibility index (Phi) is 6.79. The minimum absolute atomic E-state index is 0.0734. The van der Waals surface area contributed by atoms with Crippen LogP contribution in [0.2, 0.25) is 0 Å². The number of halogens is 1. The van der Waals surface area contributed by atoms with Crippen molar-refractivity contribution >= 4 is 34.6 Å². The molecule has 1 aliphatic carbocycles. The van der Waals surface area contributed by atoms with Crippen LogP contribution in [0.25, 0.3) is 0 Å². The van der Waals surface area contributed by atoms with Crippen molar-refractivity contribution in [2.75, 3.05) is 18.4 Å². The van der Waals surface area contributed by atoms with Crippen LogP contribution in [0.3, 0.4) is 0 Å². The Morgan fingerprint density at radius 1 is 1.40 bits per heavy atom. The Morgan fingerprint density at radius 3 is 2.83 bits per heavy atom. The highest BCUT2D eigenvalue weighted by molar-refractivity contribution is 7.16. The highest BCUT2D eigenvalue weighted by atomic mass is 32.1. The molecule has 0 bridgehead atoms. The molecule has 1 aromatic rings. The van der Waals surface area contributed by atoms with E-state index in [0.29, 0.717) is 35.4 Å². The number of likely N-dealkylation sites (tertiary alicyclic amines) is 1. The standard InChI is InChI=1S/C21H21FN4O3S/c1-3-24-10-13(2)4-7-19(27)25-20-17(9-23)16-6-5-15(8-18(16)30-20)29-21(28)26-11-14(22)12-26/h3-4,7,10,14-15H,1-2,5-6,8,11-12H2,(H,25,27)/b7-4+,24-10?. The molecule has 9 heteroatoms. The Morgan fingerprint density at radius 2 is 2.17 bits per heavy atom. The number of rotatable bonds is 6. The number of carbonyl (C=O) groups is 2. The number of anilines is 1. The van der Waals surface area contributed by atoms with E-state index >= 15 is 0 Å². The van der Waals surface area contributed by atoms with Crippen LogP contribution in [0.4, 0.5) is 14.2 Å². The number of fused-ring (bicyclic) bond motifs is 1. The van der Waals surface area contributed by atoms with Gasteiger partial charge in [-0.2, -0.15) is 5.26 Å². The van der Waals surface area contributed by atoms with Gasteiger partial charge in [-0.05, 0) is 30.1 Å². The molecule has 3 rings (SSSR count). The minimum atomic E-state index is -0.974. The van der Waals surface area contributed by atoms with E-state index in [0.717, 1.165) is 10.4 Å². The van der Waals surface area contributed by atoms with Gasteiger partial charge in [-0.3, -0.25) is 9.79 Å². The molecule has 1 aliphatic heterocycles.